The molecule has 0 radical (unpaired) electrons. The Kier molecular flexibility index (Phi) is 4.51. The van der Waals surface area contributed by atoms with Crippen molar-refractivity contribution in [2.75, 3.05) is 18.4 Å². The summed E-state index contributed by atoms with van der Waals surface area (Å²) in [5.41, 5.74) is 2.49. The van der Waals surface area contributed by atoms with Gasteiger partial charge in [-0.3, -0.25) is 9.78 Å². The van der Waals surface area contributed by atoms with Gasteiger partial charge >= 0.3 is 0 Å². The topological polar surface area (TPSA) is 93.4 Å². The highest BCUT2D eigenvalue weighted by molar-refractivity contribution is 6.12. The normalized spacial score (nSPS) is 16.3. The third-order valence-corrected chi connectivity index (χ3v) is 5.03. The molecule has 0 unspecified atom stereocenters. The Labute approximate surface area is 171 Å². The van der Waals surface area contributed by atoms with Crippen LogP contribution in [-0.2, 0) is 0 Å². The van der Waals surface area contributed by atoms with E-state index in [9.17, 15) is 9.18 Å². The van der Waals surface area contributed by atoms with E-state index in [1.807, 2.05) is 0 Å². The molecule has 9 heteroatoms. The van der Waals surface area contributed by atoms with Crippen molar-refractivity contribution < 1.29 is 13.9 Å². The lowest BCUT2D eigenvalue weighted by molar-refractivity contribution is 0.102. The van der Waals surface area contributed by atoms with Gasteiger partial charge in [-0.15, -0.1) is 0 Å². The van der Waals surface area contributed by atoms with Crippen molar-refractivity contribution in [3.05, 3.63) is 60.1 Å². The number of fused-ring (bicyclic) bond motifs is 2. The number of hydrogen-bond acceptors (Lipinski definition) is 6. The summed E-state index contributed by atoms with van der Waals surface area (Å²) in [5, 5.41) is 5.99. The number of nitrogens with one attached hydrogen (secondary N) is 2. The zero-order valence-electron chi connectivity index (χ0n) is 16.2. The zero-order valence-corrected chi connectivity index (χ0v) is 16.2. The first-order valence-electron chi connectivity index (χ1n) is 9.66. The minimum absolute atomic E-state index is 0.0585. The maximum absolute atomic E-state index is 14.3. The van der Waals surface area contributed by atoms with Crippen LogP contribution in [0.15, 0.2) is 43.0 Å². The number of aromatic nitrogens is 4. The highest BCUT2D eigenvalue weighted by Crippen LogP contribution is 2.28. The Morgan fingerprint density at radius 2 is 2.10 bits per heavy atom. The van der Waals surface area contributed by atoms with Gasteiger partial charge in [0.25, 0.3) is 5.91 Å². The molecule has 2 N–H and O–H groups in total. The fraction of sp³-hybridized carbons (Fsp3) is 0.238. The molecule has 1 saturated heterocycles. The van der Waals surface area contributed by atoms with Crippen LogP contribution < -0.4 is 15.4 Å². The summed E-state index contributed by atoms with van der Waals surface area (Å²) < 4.78 is 21.9. The Hall–Kier alpha value is -3.59. The molecule has 1 fully saturated rings. The molecular weight excluding hydrogens is 387 g/mol. The predicted molar refractivity (Wildman–Crippen MR) is 109 cm³/mol. The Bertz CT molecular complexity index is 1270. The van der Waals surface area contributed by atoms with Crippen molar-refractivity contribution in [3.8, 4) is 5.75 Å². The van der Waals surface area contributed by atoms with Crippen molar-refractivity contribution in [2.24, 2.45) is 0 Å². The number of imidazole rings is 1. The summed E-state index contributed by atoms with van der Waals surface area (Å²) in [6.07, 6.45) is 7.37. The van der Waals surface area contributed by atoms with Crippen molar-refractivity contribution >= 4 is 28.3 Å². The first kappa shape index (κ1) is 18.4. The number of amides is 1. The maximum Gasteiger partial charge on any atom is 0.257 e. The van der Waals surface area contributed by atoms with Gasteiger partial charge in [0.05, 0.1) is 16.9 Å². The molecule has 3 aromatic heterocycles. The summed E-state index contributed by atoms with van der Waals surface area (Å²) in [6, 6.07) is 4.63. The standard InChI is InChI=1S/C21H19FN6O2/c1-12-10-28-11-13(8-16(22)20(28)26-12)27-21(29)15-2-3-17(30-14-4-5-23-9-14)19-18(15)24-6-7-25-19/h2-3,6-8,10-11,14,23H,4-5,9H2,1H3,(H,27,29)/t14-/m1/s1. The smallest absolute Gasteiger partial charge is 0.257 e. The molecule has 0 aliphatic carbocycles. The number of anilines is 1. The molecule has 152 valence electrons. The van der Waals surface area contributed by atoms with E-state index < -0.39 is 11.7 Å². The van der Waals surface area contributed by atoms with Gasteiger partial charge in [-0.05, 0) is 32.0 Å². The molecule has 1 amide bonds. The van der Waals surface area contributed by atoms with Crippen molar-refractivity contribution in [1.82, 2.24) is 24.7 Å². The van der Waals surface area contributed by atoms with Crippen LogP contribution >= 0.6 is 0 Å². The lowest BCUT2D eigenvalue weighted by atomic mass is 10.1. The number of aryl methyl sites for hydroxylation is 1. The molecule has 5 rings (SSSR count). The average Bonchev–Trinajstić information content (AvgIpc) is 3.37. The van der Waals surface area contributed by atoms with Crippen LogP contribution in [0, 0.1) is 12.7 Å². The van der Waals surface area contributed by atoms with E-state index in [0.717, 1.165) is 19.5 Å². The molecule has 4 aromatic rings. The second-order valence-electron chi connectivity index (χ2n) is 7.24. The van der Waals surface area contributed by atoms with Crippen molar-refractivity contribution in [3.63, 3.8) is 0 Å². The molecule has 0 saturated carbocycles. The Morgan fingerprint density at radius 1 is 1.27 bits per heavy atom. The van der Waals surface area contributed by atoms with Gasteiger partial charge in [0.15, 0.2) is 11.5 Å². The van der Waals surface area contributed by atoms with Crippen molar-refractivity contribution in [2.45, 2.75) is 19.4 Å². The number of pyridine rings is 1. The highest BCUT2D eigenvalue weighted by Gasteiger charge is 2.20. The number of hydrogen-bond donors (Lipinski definition) is 2. The second-order valence-corrected chi connectivity index (χ2v) is 7.24. The molecule has 1 aromatic carbocycles. The fourth-order valence-electron chi connectivity index (χ4n) is 3.67. The van der Waals surface area contributed by atoms with Crippen LogP contribution in [0.2, 0.25) is 0 Å². The van der Waals surface area contributed by atoms with Gasteiger partial charge in [-0.2, -0.15) is 0 Å². The van der Waals surface area contributed by atoms with Crippen LogP contribution in [0.4, 0.5) is 10.1 Å². The first-order chi connectivity index (χ1) is 14.6. The molecule has 4 heterocycles. The van der Waals surface area contributed by atoms with Crippen LogP contribution in [0.1, 0.15) is 22.5 Å². The van der Waals surface area contributed by atoms with E-state index in [1.54, 1.807) is 42.0 Å². The Morgan fingerprint density at radius 3 is 2.90 bits per heavy atom. The number of nitrogens with zero attached hydrogens (tertiary/aromatic N) is 4. The van der Waals surface area contributed by atoms with E-state index in [1.165, 1.54) is 12.3 Å². The summed E-state index contributed by atoms with van der Waals surface area (Å²) in [7, 11) is 0. The van der Waals surface area contributed by atoms with E-state index in [2.05, 4.69) is 25.6 Å². The molecule has 0 spiro atoms. The monoisotopic (exact) mass is 406 g/mol. The van der Waals surface area contributed by atoms with Crippen LogP contribution in [0.3, 0.4) is 0 Å². The SMILES string of the molecule is Cc1cn2cc(NC(=O)c3ccc(O[C@@H]4CCNC4)c4nccnc34)cc(F)c2n1. The molecule has 1 atom stereocenters. The van der Waals surface area contributed by atoms with E-state index in [-0.39, 0.29) is 11.8 Å². The van der Waals surface area contributed by atoms with Crippen LogP contribution in [-0.4, -0.2) is 44.5 Å². The molecule has 1 aliphatic heterocycles. The second kappa shape index (κ2) is 7.34. The average molecular weight is 406 g/mol. The summed E-state index contributed by atoms with van der Waals surface area (Å²) >= 11 is 0. The highest BCUT2D eigenvalue weighted by atomic mass is 19.1. The molecule has 8 nitrogen and oxygen atoms in total. The molecule has 30 heavy (non-hydrogen) atoms. The number of halogens is 1. The van der Waals surface area contributed by atoms with Crippen molar-refractivity contribution in [1.29, 1.82) is 0 Å². The van der Waals surface area contributed by atoms with Gasteiger partial charge in [0.2, 0.25) is 0 Å². The number of rotatable bonds is 4. The van der Waals surface area contributed by atoms with Crippen LogP contribution in [0.5, 0.6) is 5.75 Å². The van der Waals surface area contributed by atoms with E-state index >= 15 is 0 Å². The third-order valence-electron chi connectivity index (χ3n) is 5.03. The van der Waals surface area contributed by atoms with Gasteiger partial charge in [0, 0.05) is 37.4 Å². The summed E-state index contributed by atoms with van der Waals surface area (Å²) in [5.74, 6) is -0.339. The third kappa shape index (κ3) is 3.33. The molecular formula is C21H19FN6O2. The lowest BCUT2D eigenvalue weighted by Crippen LogP contribution is -2.20. The molecule has 1 aliphatic rings. The van der Waals surface area contributed by atoms with E-state index in [0.29, 0.717) is 33.7 Å². The lowest BCUT2D eigenvalue weighted by Gasteiger charge is -2.15. The fourth-order valence-corrected chi connectivity index (χ4v) is 3.67. The number of carbonyl (C=O) groups excluding carboxylic acids is 1. The Balaban J connectivity index is 1.47. The van der Waals surface area contributed by atoms with Gasteiger partial charge in [-0.1, -0.05) is 0 Å². The van der Waals surface area contributed by atoms with Gasteiger partial charge in [-0.25, -0.2) is 14.4 Å². The van der Waals surface area contributed by atoms with E-state index in [4.69, 9.17) is 4.74 Å². The number of carbonyl (C=O) groups is 1. The largest absolute Gasteiger partial charge is 0.487 e. The number of ether oxygens (including phenoxy) is 1. The first-order valence-corrected chi connectivity index (χ1v) is 9.66. The van der Waals surface area contributed by atoms with Gasteiger partial charge in [0.1, 0.15) is 22.9 Å². The van der Waals surface area contributed by atoms with Gasteiger partial charge < -0.3 is 19.8 Å². The summed E-state index contributed by atoms with van der Waals surface area (Å²) in [4.78, 5) is 25.8. The molecule has 0 bridgehead atoms. The minimum Gasteiger partial charge on any atom is -0.487 e. The maximum atomic E-state index is 14.3. The zero-order chi connectivity index (χ0) is 20.7. The minimum atomic E-state index is -0.514. The quantitative estimate of drug-likeness (QED) is 0.541. The van der Waals surface area contributed by atoms with Crippen LogP contribution in [0.25, 0.3) is 16.7 Å². The predicted octanol–water partition coefficient (Wildman–Crippen LogP) is 2.72. The summed E-state index contributed by atoms with van der Waals surface area (Å²) in [6.45, 7) is 3.46. The number of benzene rings is 1.